The monoisotopic (exact) mass is 883 g/mol. The van der Waals surface area contributed by atoms with Crippen molar-refractivity contribution in [2.24, 2.45) is 11.8 Å². The van der Waals surface area contributed by atoms with E-state index in [0.717, 1.165) is 28.9 Å². The van der Waals surface area contributed by atoms with Crippen molar-refractivity contribution in [2.45, 2.75) is 37.0 Å². The maximum absolute atomic E-state index is 2.54. The minimum absolute atomic E-state index is 0.585. The molecule has 10 aromatic carbocycles. The minimum atomic E-state index is -0.585. The van der Waals surface area contributed by atoms with Gasteiger partial charge in [-0.15, -0.1) is 0 Å². The van der Waals surface area contributed by atoms with Crippen molar-refractivity contribution in [2.75, 3.05) is 4.90 Å². The van der Waals surface area contributed by atoms with E-state index in [4.69, 9.17) is 0 Å². The van der Waals surface area contributed by atoms with Gasteiger partial charge in [0.1, 0.15) is 0 Å². The summed E-state index contributed by atoms with van der Waals surface area (Å²) in [4.78, 5) is 2.54. The number of anilines is 3. The molecular weight excluding hydrogens is 831 g/mol. The molecule has 1 nitrogen and oxygen atoms in total. The van der Waals surface area contributed by atoms with Gasteiger partial charge in [-0.25, -0.2) is 0 Å². The molecule has 3 atom stereocenters. The van der Waals surface area contributed by atoms with Gasteiger partial charge in [0, 0.05) is 16.9 Å². The molecule has 3 unspecified atom stereocenters. The molecule has 69 heavy (non-hydrogen) atoms. The molecule has 330 valence electrons. The Hall–Kier alpha value is -8.00. The van der Waals surface area contributed by atoms with Gasteiger partial charge in [0.05, 0.1) is 11.1 Å². The van der Waals surface area contributed by atoms with Gasteiger partial charge in [-0.05, 0) is 145 Å². The highest BCUT2D eigenvalue weighted by Crippen LogP contribution is 2.60. The van der Waals surface area contributed by atoms with Crippen molar-refractivity contribution < 1.29 is 0 Å². The van der Waals surface area contributed by atoms with Gasteiger partial charge in [0.25, 0.3) is 0 Å². The summed E-state index contributed by atoms with van der Waals surface area (Å²) in [5.74, 6) is 2.36. The molecule has 2 bridgehead atoms. The van der Waals surface area contributed by atoms with Crippen molar-refractivity contribution in [1.82, 2.24) is 0 Å². The van der Waals surface area contributed by atoms with Crippen LogP contribution >= 0.6 is 0 Å². The summed E-state index contributed by atoms with van der Waals surface area (Å²) in [6.45, 7) is 0. The van der Waals surface area contributed by atoms with Crippen LogP contribution in [0.4, 0.5) is 17.1 Å². The third kappa shape index (κ3) is 6.90. The first-order valence-electron chi connectivity index (χ1n) is 24.9. The van der Waals surface area contributed by atoms with Gasteiger partial charge in [-0.2, -0.15) is 0 Å². The molecular formula is C68H53N. The van der Waals surface area contributed by atoms with E-state index < -0.39 is 5.41 Å². The summed E-state index contributed by atoms with van der Waals surface area (Å²) in [7, 11) is 0. The number of nitrogens with zero attached hydrogens (tertiary/aromatic N) is 1. The summed E-state index contributed by atoms with van der Waals surface area (Å²) < 4.78 is 0. The third-order valence-electron chi connectivity index (χ3n) is 15.9. The molecule has 0 spiro atoms. The average molecular weight is 884 g/mol. The van der Waals surface area contributed by atoms with E-state index in [9.17, 15) is 0 Å². The Morgan fingerprint density at radius 3 is 1.46 bits per heavy atom. The molecule has 2 saturated carbocycles. The van der Waals surface area contributed by atoms with E-state index in [0.29, 0.717) is 5.92 Å². The highest BCUT2D eigenvalue weighted by Gasteiger charge is 2.47. The zero-order valence-corrected chi connectivity index (χ0v) is 38.8. The minimum Gasteiger partial charge on any atom is -0.310 e. The Bertz CT molecular complexity index is 3410. The van der Waals surface area contributed by atoms with Crippen LogP contribution in [0.5, 0.6) is 0 Å². The molecule has 3 aliphatic rings. The van der Waals surface area contributed by atoms with Crippen LogP contribution in [-0.2, 0) is 5.41 Å². The van der Waals surface area contributed by atoms with E-state index in [1.54, 1.807) is 0 Å². The lowest BCUT2D eigenvalue weighted by atomic mass is 9.67. The van der Waals surface area contributed by atoms with Crippen LogP contribution in [0.25, 0.3) is 55.6 Å². The molecule has 2 fully saturated rings. The van der Waals surface area contributed by atoms with Gasteiger partial charge in [0.2, 0.25) is 0 Å². The fraction of sp³-hybridized carbons (Fsp3) is 0.118. The maximum Gasteiger partial charge on any atom is 0.0714 e. The molecule has 0 aliphatic heterocycles. The number of hydrogen-bond acceptors (Lipinski definition) is 1. The van der Waals surface area contributed by atoms with E-state index in [1.165, 1.54) is 109 Å². The van der Waals surface area contributed by atoms with E-state index in [-0.39, 0.29) is 0 Å². The summed E-state index contributed by atoms with van der Waals surface area (Å²) >= 11 is 0. The van der Waals surface area contributed by atoms with Gasteiger partial charge in [-0.1, -0.05) is 231 Å². The SMILES string of the molecule is c1ccc(-c2ccccc2-c2ccccc2-c2ccccc2N(c2ccc(C3CC4CCC3C4)cc2)c2ccc3c(c2)C(c2ccccc2)(c2ccccc2)c2cccc(-c4ccccc4)c2-3)cc1. The highest BCUT2D eigenvalue weighted by molar-refractivity contribution is 6.00. The Morgan fingerprint density at radius 1 is 0.348 bits per heavy atom. The lowest BCUT2D eigenvalue weighted by Crippen LogP contribution is -2.28. The highest BCUT2D eigenvalue weighted by atomic mass is 15.1. The first-order valence-corrected chi connectivity index (χ1v) is 24.9. The Balaban J connectivity index is 1.05. The molecule has 3 aliphatic carbocycles. The molecule has 0 N–H and O–H groups in total. The van der Waals surface area contributed by atoms with Gasteiger partial charge in [0.15, 0.2) is 0 Å². The van der Waals surface area contributed by atoms with Gasteiger partial charge >= 0.3 is 0 Å². The standard InChI is InChI=1S/C68H53N/c1-5-20-48(21-6-1)56-28-13-14-29-58(56)59-30-15-16-31-60(59)61-32-17-18-35-66(61)69(54-40-38-50(39-41-54)63-45-47-36-37-51(63)44-47)55-42-43-62-65(46-55)68(52-24-9-3-10-25-52,53-26-11-4-12-27-53)64-34-19-33-57(67(62)64)49-22-7-2-8-23-49/h1-35,38-43,46-47,51,63H,36-37,44-45H2. The Kier molecular flexibility index (Phi) is 10.3. The van der Waals surface area contributed by atoms with Crippen LogP contribution in [0.2, 0.25) is 0 Å². The number of rotatable bonds is 10. The van der Waals surface area contributed by atoms with E-state index in [1.807, 2.05) is 0 Å². The molecule has 13 rings (SSSR count). The summed E-state index contributed by atoms with van der Waals surface area (Å²) in [5.41, 5.74) is 21.7. The second kappa shape index (κ2) is 17.3. The predicted octanol–water partition coefficient (Wildman–Crippen LogP) is 18.1. The number of para-hydroxylation sites is 1. The number of fused-ring (bicyclic) bond motifs is 5. The largest absolute Gasteiger partial charge is 0.310 e. The van der Waals surface area contributed by atoms with Crippen LogP contribution in [0.3, 0.4) is 0 Å². The smallest absolute Gasteiger partial charge is 0.0714 e. The molecule has 0 aromatic heterocycles. The Labute approximate surface area is 407 Å². The summed E-state index contributed by atoms with van der Waals surface area (Å²) in [6.07, 6.45) is 5.50. The van der Waals surface area contributed by atoms with Crippen molar-refractivity contribution in [3.8, 4) is 55.6 Å². The average Bonchev–Trinajstić information content (AvgIpc) is 4.16. The third-order valence-corrected chi connectivity index (χ3v) is 15.9. The lowest BCUT2D eigenvalue weighted by Gasteiger charge is -2.35. The zero-order chi connectivity index (χ0) is 45.7. The molecule has 0 radical (unpaired) electrons. The molecule has 0 heterocycles. The number of hydrogen-bond donors (Lipinski definition) is 0. The first kappa shape index (κ1) is 41.2. The zero-order valence-electron chi connectivity index (χ0n) is 38.8. The normalized spacial score (nSPS) is 17.3. The first-order chi connectivity index (χ1) is 34.2. The molecule has 10 aromatic rings. The molecule has 1 heteroatoms. The van der Waals surface area contributed by atoms with Crippen molar-refractivity contribution in [1.29, 1.82) is 0 Å². The predicted molar refractivity (Wildman–Crippen MR) is 288 cm³/mol. The fourth-order valence-corrected chi connectivity index (χ4v) is 12.9. The van der Waals surface area contributed by atoms with Crippen LogP contribution in [0, 0.1) is 11.8 Å². The van der Waals surface area contributed by atoms with Crippen molar-refractivity contribution in [3.63, 3.8) is 0 Å². The van der Waals surface area contributed by atoms with Crippen molar-refractivity contribution in [3.05, 3.63) is 283 Å². The van der Waals surface area contributed by atoms with Crippen LogP contribution in [0.1, 0.15) is 59.4 Å². The van der Waals surface area contributed by atoms with Gasteiger partial charge in [-0.3, -0.25) is 0 Å². The molecule has 0 saturated heterocycles. The number of benzene rings is 10. The van der Waals surface area contributed by atoms with Crippen LogP contribution in [0.15, 0.2) is 255 Å². The van der Waals surface area contributed by atoms with Crippen molar-refractivity contribution >= 4 is 17.1 Å². The van der Waals surface area contributed by atoms with Crippen LogP contribution in [-0.4, -0.2) is 0 Å². The van der Waals surface area contributed by atoms with E-state index in [2.05, 4.69) is 260 Å². The van der Waals surface area contributed by atoms with Gasteiger partial charge < -0.3 is 4.90 Å². The second-order valence-electron chi connectivity index (χ2n) is 19.5. The Morgan fingerprint density at radius 2 is 0.855 bits per heavy atom. The quantitative estimate of drug-likeness (QED) is 0.132. The fourth-order valence-electron chi connectivity index (χ4n) is 12.9. The summed E-state index contributed by atoms with van der Waals surface area (Å²) in [5, 5.41) is 0. The summed E-state index contributed by atoms with van der Waals surface area (Å²) in [6, 6.07) is 95.1. The second-order valence-corrected chi connectivity index (χ2v) is 19.5. The lowest BCUT2D eigenvalue weighted by molar-refractivity contribution is 0.420. The maximum atomic E-state index is 2.54. The topological polar surface area (TPSA) is 3.24 Å². The molecule has 0 amide bonds. The van der Waals surface area contributed by atoms with E-state index >= 15 is 0 Å². The van der Waals surface area contributed by atoms with Crippen LogP contribution < -0.4 is 4.90 Å².